The summed E-state index contributed by atoms with van der Waals surface area (Å²) >= 11 is 0. The van der Waals surface area contributed by atoms with E-state index in [-0.39, 0.29) is 36.2 Å². The highest BCUT2D eigenvalue weighted by Crippen LogP contribution is 2.16. The Morgan fingerprint density at radius 2 is 1.36 bits per heavy atom. The third-order valence-electron chi connectivity index (χ3n) is 3.92. The van der Waals surface area contributed by atoms with Crippen molar-refractivity contribution in [3.63, 3.8) is 0 Å². The average molecular weight is 428 g/mol. The molecular weight excluding hydrogens is 402 g/mol. The van der Waals surface area contributed by atoms with E-state index >= 15 is 0 Å². The fraction of sp³-hybridized carbons (Fsp3) is 0.368. The Labute approximate surface area is 166 Å². The highest BCUT2D eigenvalue weighted by Gasteiger charge is 2.14. The summed E-state index contributed by atoms with van der Waals surface area (Å²) in [6, 6.07) is 13.3. The first kappa shape index (κ1) is 22.2. The largest absolute Gasteiger partial charge is 0.493 e. The van der Waals surface area contributed by atoms with E-state index in [4.69, 9.17) is 9.47 Å². The van der Waals surface area contributed by atoms with Crippen LogP contribution < -0.4 is 14.2 Å². The van der Waals surface area contributed by atoms with E-state index in [1.165, 1.54) is 24.3 Å². The number of ether oxygens (including phenoxy) is 2. The smallest absolute Gasteiger partial charge is 0.240 e. The number of sulfonamides is 1. The molecule has 0 amide bonds. The number of rotatable bonds is 11. The molecule has 7 nitrogen and oxygen atoms in total. The second kappa shape index (κ2) is 9.90. The van der Waals surface area contributed by atoms with Crippen LogP contribution in [0.25, 0.3) is 0 Å². The lowest BCUT2D eigenvalue weighted by molar-refractivity contribution is 0.322. The molecule has 2 rings (SSSR count). The Balaban J connectivity index is 1.81. The van der Waals surface area contributed by atoms with Crippen LogP contribution in [-0.4, -0.2) is 48.1 Å². The van der Waals surface area contributed by atoms with Crippen LogP contribution in [0, 0.1) is 6.92 Å². The van der Waals surface area contributed by atoms with Crippen molar-refractivity contribution in [2.24, 2.45) is 0 Å². The summed E-state index contributed by atoms with van der Waals surface area (Å²) in [5, 5.41) is 0. The molecule has 0 unspecified atom stereocenters. The van der Waals surface area contributed by atoms with Crippen LogP contribution in [-0.2, 0) is 19.9 Å². The number of hydrogen-bond donors (Lipinski definition) is 1. The molecule has 0 spiro atoms. The molecule has 9 heteroatoms. The second-order valence-corrected chi connectivity index (χ2v) is 10.4. The van der Waals surface area contributed by atoms with Crippen LogP contribution in [0.5, 0.6) is 11.5 Å². The topological polar surface area (TPSA) is 98.8 Å². The predicted octanol–water partition coefficient (Wildman–Crippen LogP) is 2.17. The van der Waals surface area contributed by atoms with Gasteiger partial charge in [0.25, 0.3) is 0 Å². The molecular formula is C19H25NO6S2. The Hall–Kier alpha value is -2.10. The number of hydrogen-bond acceptors (Lipinski definition) is 6. The first-order valence-corrected chi connectivity index (χ1v) is 12.1. The molecule has 0 fully saturated rings. The highest BCUT2D eigenvalue weighted by molar-refractivity contribution is 7.91. The van der Waals surface area contributed by atoms with Crippen molar-refractivity contribution in [2.45, 2.75) is 18.7 Å². The van der Waals surface area contributed by atoms with Gasteiger partial charge in [-0.2, -0.15) is 0 Å². The molecule has 28 heavy (non-hydrogen) atoms. The van der Waals surface area contributed by atoms with Gasteiger partial charge in [-0.1, -0.05) is 24.6 Å². The van der Waals surface area contributed by atoms with Gasteiger partial charge < -0.3 is 9.47 Å². The molecule has 2 aromatic carbocycles. The average Bonchev–Trinajstić information content (AvgIpc) is 2.67. The summed E-state index contributed by atoms with van der Waals surface area (Å²) in [6.07, 6.45) is 0. The second-order valence-electron chi connectivity index (χ2n) is 6.12. The van der Waals surface area contributed by atoms with E-state index in [1.807, 2.05) is 31.2 Å². The van der Waals surface area contributed by atoms with Crippen LogP contribution in [0.1, 0.15) is 12.5 Å². The van der Waals surface area contributed by atoms with Gasteiger partial charge in [0.05, 0.1) is 10.6 Å². The fourth-order valence-corrected chi connectivity index (χ4v) is 3.85. The fourth-order valence-electron chi connectivity index (χ4n) is 2.21. The molecule has 0 aromatic heterocycles. The highest BCUT2D eigenvalue weighted by atomic mass is 32.2. The van der Waals surface area contributed by atoms with Crippen molar-refractivity contribution < 1.29 is 26.3 Å². The minimum absolute atomic E-state index is 0.0247. The quantitative estimate of drug-likeness (QED) is 0.552. The standard InChI is InChI=1S/C19H25NO6S2/c1-3-27(21,22)15-14-26-18-8-10-19(11-9-18)28(23,24)20-12-13-25-17-6-4-16(2)5-7-17/h4-11,20H,3,12-15H2,1-2H3. The molecule has 0 aliphatic rings. The first-order chi connectivity index (χ1) is 13.2. The van der Waals surface area contributed by atoms with Gasteiger partial charge in [-0.15, -0.1) is 0 Å². The Bertz CT molecular complexity index is 952. The first-order valence-electron chi connectivity index (χ1n) is 8.84. The molecule has 0 saturated heterocycles. The lowest BCUT2D eigenvalue weighted by Gasteiger charge is -2.10. The van der Waals surface area contributed by atoms with Gasteiger partial charge in [-0.25, -0.2) is 21.6 Å². The van der Waals surface area contributed by atoms with Crippen LogP contribution >= 0.6 is 0 Å². The maximum absolute atomic E-state index is 12.3. The lowest BCUT2D eigenvalue weighted by atomic mass is 10.2. The molecule has 154 valence electrons. The molecule has 0 aliphatic heterocycles. The molecule has 0 heterocycles. The van der Waals surface area contributed by atoms with E-state index in [2.05, 4.69) is 4.72 Å². The normalized spacial score (nSPS) is 11.9. The molecule has 0 bridgehead atoms. The maximum Gasteiger partial charge on any atom is 0.240 e. The predicted molar refractivity (Wildman–Crippen MR) is 108 cm³/mol. The molecule has 1 N–H and O–H groups in total. The van der Waals surface area contributed by atoms with Gasteiger partial charge in [0.2, 0.25) is 10.0 Å². The maximum atomic E-state index is 12.3. The van der Waals surface area contributed by atoms with Crippen molar-refractivity contribution in [3.05, 3.63) is 54.1 Å². The minimum atomic E-state index is -3.67. The minimum Gasteiger partial charge on any atom is -0.493 e. The van der Waals surface area contributed by atoms with Crippen molar-refractivity contribution in [2.75, 3.05) is 31.3 Å². The number of nitrogens with one attached hydrogen (secondary N) is 1. The van der Waals surface area contributed by atoms with Crippen LogP contribution in [0.15, 0.2) is 53.4 Å². The zero-order valence-electron chi connectivity index (χ0n) is 15.9. The van der Waals surface area contributed by atoms with Gasteiger partial charge >= 0.3 is 0 Å². The van der Waals surface area contributed by atoms with Crippen LogP contribution in [0.2, 0.25) is 0 Å². The van der Waals surface area contributed by atoms with E-state index < -0.39 is 19.9 Å². The van der Waals surface area contributed by atoms with E-state index in [9.17, 15) is 16.8 Å². The van der Waals surface area contributed by atoms with Gasteiger partial charge in [-0.05, 0) is 43.3 Å². The Kier molecular flexibility index (Phi) is 7.85. The summed E-state index contributed by atoms with van der Waals surface area (Å²) in [5.41, 5.74) is 1.12. The number of sulfone groups is 1. The van der Waals surface area contributed by atoms with Crippen LogP contribution in [0.3, 0.4) is 0 Å². The van der Waals surface area contributed by atoms with Crippen molar-refractivity contribution in [3.8, 4) is 11.5 Å². The van der Waals surface area contributed by atoms with Gasteiger partial charge in [-0.3, -0.25) is 0 Å². The Morgan fingerprint density at radius 3 is 1.93 bits per heavy atom. The summed E-state index contributed by atoms with van der Waals surface area (Å²) in [6.45, 7) is 3.91. The van der Waals surface area contributed by atoms with Gasteiger partial charge in [0.15, 0.2) is 9.84 Å². The third kappa shape index (κ3) is 7.14. The molecule has 0 radical (unpaired) electrons. The molecule has 0 atom stereocenters. The van der Waals surface area contributed by atoms with Gasteiger partial charge in [0, 0.05) is 12.3 Å². The Morgan fingerprint density at radius 1 is 0.821 bits per heavy atom. The summed E-state index contributed by atoms with van der Waals surface area (Å²) in [4.78, 5) is 0.0939. The van der Waals surface area contributed by atoms with E-state index in [0.717, 1.165) is 5.56 Å². The summed E-state index contributed by atoms with van der Waals surface area (Å²) in [7, 11) is -6.77. The van der Waals surface area contributed by atoms with Crippen LogP contribution in [0.4, 0.5) is 0 Å². The molecule has 2 aromatic rings. The van der Waals surface area contributed by atoms with Gasteiger partial charge in [0.1, 0.15) is 24.7 Å². The number of benzene rings is 2. The monoisotopic (exact) mass is 427 g/mol. The lowest BCUT2D eigenvalue weighted by Crippen LogP contribution is -2.28. The zero-order chi connectivity index (χ0) is 20.6. The van der Waals surface area contributed by atoms with Crippen molar-refractivity contribution in [1.82, 2.24) is 4.72 Å². The number of aryl methyl sites for hydroxylation is 1. The molecule has 0 aliphatic carbocycles. The van der Waals surface area contributed by atoms with E-state index in [0.29, 0.717) is 11.5 Å². The third-order valence-corrected chi connectivity index (χ3v) is 7.07. The van der Waals surface area contributed by atoms with E-state index in [1.54, 1.807) is 6.92 Å². The summed E-state index contributed by atoms with van der Waals surface area (Å²) < 4.78 is 60.8. The summed E-state index contributed by atoms with van der Waals surface area (Å²) in [5.74, 6) is 1.07. The zero-order valence-corrected chi connectivity index (χ0v) is 17.6. The molecule has 0 saturated carbocycles. The van der Waals surface area contributed by atoms with Crippen molar-refractivity contribution >= 4 is 19.9 Å². The van der Waals surface area contributed by atoms with Crippen molar-refractivity contribution in [1.29, 1.82) is 0 Å². The SMILES string of the molecule is CCS(=O)(=O)CCOc1ccc(S(=O)(=O)NCCOc2ccc(C)cc2)cc1.